The number of halogens is 4. The molecule has 0 aliphatic rings. The second kappa shape index (κ2) is 14.9. The highest BCUT2D eigenvalue weighted by molar-refractivity contribution is 7.99. The summed E-state index contributed by atoms with van der Waals surface area (Å²) in [5, 5.41) is 5.01. The lowest BCUT2D eigenvalue weighted by molar-refractivity contribution is -0.139. The number of benzene rings is 3. The average Bonchev–Trinajstić information content (AvgIpc) is 2.88. The molecule has 196 valence electrons. The molecule has 37 heavy (non-hydrogen) atoms. The maximum Gasteiger partial charge on any atom is 0.243 e. The zero-order chi connectivity index (χ0) is 26.8. The lowest BCUT2D eigenvalue weighted by Gasteiger charge is -2.32. The summed E-state index contributed by atoms with van der Waals surface area (Å²) < 4.78 is 0. The van der Waals surface area contributed by atoms with Gasteiger partial charge in [0.2, 0.25) is 11.8 Å². The van der Waals surface area contributed by atoms with Crippen LogP contribution in [0.15, 0.2) is 66.7 Å². The van der Waals surface area contributed by atoms with E-state index in [0.717, 1.165) is 17.5 Å². The first-order valence-electron chi connectivity index (χ1n) is 11.9. The summed E-state index contributed by atoms with van der Waals surface area (Å²) in [4.78, 5) is 28.7. The Bertz CT molecular complexity index is 1190. The summed E-state index contributed by atoms with van der Waals surface area (Å²) in [5.41, 5.74) is 2.44. The van der Waals surface area contributed by atoms with Crippen LogP contribution in [0.2, 0.25) is 20.1 Å². The van der Waals surface area contributed by atoms with Gasteiger partial charge in [-0.15, -0.1) is 11.8 Å². The lowest BCUT2D eigenvalue weighted by atomic mass is 10.0. The highest BCUT2D eigenvalue weighted by Crippen LogP contribution is 2.29. The number of hydrogen-bond acceptors (Lipinski definition) is 3. The molecule has 0 aromatic heterocycles. The number of amides is 2. The summed E-state index contributed by atoms with van der Waals surface area (Å²) in [5.74, 6) is 0.208. The Kier molecular flexibility index (Phi) is 11.9. The molecule has 2 amide bonds. The fourth-order valence-electron chi connectivity index (χ4n) is 3.75. The Labute approximate surface area is 242 Å². The fraction of sp³-hybridized carbons (Fsp3) is 0.286. The second-order valence-electron chi connectivity index (χ2n) is 8.45. The SMILES string of the molecule is CCCNC(=O)[C@H](Cc1ccccc1)N(Cc1ccc(Cl)cc1Cl)C(=O)CSCc1c(Cl)cccc1Cl. The number of carbonyl (C=O) groups excluding carboxylic acids is 2. The molecule has 0 unspecified atom stereocenters. The molecule has 3 aromatic rings. The Morgan fingerprint density at radius 1 is 0.919 bits per heavy atom. The molecule has 0 heterocycles. The van der Waals surface area contributed by atoms with Gasteiger partial charge in [-0.2, -0.15) is 0 Å². The smallest absolute Gasteiger partial charge is 0.243 e. The van der Waals surface area contributed by atoms with E-state index in [0.29, 0.717) is 44.4 Å². The minimum absolute atomic E-state index is 0.138. The Hall–Kier alpha value is -1.89. The van der Waals surface area contributed by atoms with E-state index < -0.39 is 6.04 Å². The molecule has 0 aliphatic carbocycles. The summed E-state index contributed by atoms with van der Waals surface area (Å²) in [7, 11) is 0. The van der Waals surface area contributed by atoms with Gasteiger partial charge in [-0.25, -0.2) is 0 Å². The van der Waals surface area contributed by atoms with E-state index in [1.165, 1.54) is 11.8 Å². The zero-order valence-corrected chi connectivity index (χ0v) is 24.2. The summed E-state index contributed by atoms with van der Waals surface area (Å²) in [6.07, 6.45) is 1.16. The van der Waals surface area contributed by atoms with Gasteiger partial charge in [0.05, 0.1) is 5.75 Å². The largest absolute Gasteiger partial charge is 0.354 e. The van der Waals surface area contributed by atoms with Gasteiger partial charge in [0, 0.05) is 45.4 Å². The molecule has 1 N–H and O–H groups in total. The first-order chi connectivity index (χ1) is 17.8. The van der Waals surface area contributed by atoms with Crippen molar-refractivity contribution in [3.63, 3.8) is 0 Å². The van der Waals surface area contributed by atoms with Gasteiger partial charge in [0.1, 0.15) is 6.04 Å². The zero-order valence-electron chi connectivity index (χ0n) is 20.4. The van der Waals surface area contributed by atoms with Crippen molar-refractivity contribution in [2.24, 2.45) is 0 Å². The predicted octanol–water partition coefficient (Wildman–Crippen LogP) is 7.70. The Morgan fingerprint density at radius 2 is 1.62 bits per heavy atom. The molecule has 3 aromatic carbocycles. The minimum atomic E-state index is -0.724. The van der Waals surface area contributed by atoms with Crippen LogP contribution < -0.4 is 5.32 Å². The highest BCUT2D eigenvalue weighted by atomic mass is 35.5. The van der Waals surface area contributed by atoms with Crippen LogP contribution in [0.5, 0.6) is 0 Å². The van der Waals surface area contributed by atoms with Gasteiger partial charge in [0.25, 0.3) is 0 Å². The molecule has 1 atom stereocenters. The molecule has 9 heteroatoms. The van der Waals surface area contributed by atoms with E-state index in [1.807, 2.05) is 37.3 Å². The standard InChI is InChI=1S/C28H28Cl4N2O2S/c1-2-13-33-28(36)26(14-19-7-4-3-5-8-19)34(16-20-11-12-21(29)15-25(20)32)27(35)18-37-17-22-23(30)9-6-10-24(22)31/h3-12,15,26H,2,13-14,16-18H2,1H3,(H,33,36)/t26-/m0/s1. The number of thioether (sulfide) groups is 1. The number of carbonyl (C=O) groups is 2. The number of nitrogens with one attached hydrogen (secondary N) is 1. The molecule has 4 nitrogen and oxygen atoms in total. The van der Waals surface area contributed by atoms with Crippen LogP contribution in [0.25, 0.3) is 0 Å². The van der Waals surface area contributed by atoms with Crippen molar-refractivity contribution in [3.8, 4) is 0 Å². The van der Waals surface area contributed by atoms with Crippen LogP contribution in [0, 0.1) is 0 Å². The van der Waals surface area contributed by atoms with Crippen LogP contribution in [-0.4, -0.2) is 35.1 Å². The van der Waals surface area contributed by atoms with E-state index in [4.69, 9.17) is 46.4 Å². The third-order valence-electron chi connectivity index (χ3n) is 5.71. The van der Waals surface area contributed by atoms with Gasteiger partial charge in [-0.05, 0) is 47.4 Å². The number of rotatable bonds is 12. The van der Waals surface area contributed by atoms with Crippen molar-refractivity contribution in [1.82, 2.24) is 10.2 Å². The lowest BCUT2D eigenvalue weighted by Crippen LogP contribution is -2.51. The summed E-state index contributed by atoms with van der Waals surface area (Å²) in [6, 6.07) is 19.4. The van der Waals surface area contributed by atoms with Gasteiger partial charge >= 0.3 is 0 Å². The van der Waals surface area contributed by atoms with E-state index in [2.05, 4.69) is 5.32 Å². The first-order valence-corrected chi connectivity index (χ1v) is 14.5. The van der Waals surface area contributed by atoms with Crippen LogP contribution in [0.3, 0.4) is 0 Å². The van der Waals surface area contributed by atoms with Crippen molar-refractivity contribution in [2.45, 2.75) is 38.1 Å². The Balaban J connectivity index is 1.88. The maximum atomic E-state index is 13.7. The third-order valence-corrected chi connectivity index (χ3v) is 7.95. The molecule has 0 fully saturated rings. The van der Waals surface area contributed by atoms with Crippen LogP contribution in [-0.2, 0) is 28.3 Å². The van der Waals surface area contributed by atoms with Gasteiger partial charge in [-0.1, -0.05) is 95.8 Å². The quantitative estimate of drug-likeness (QED) is 0.233. The summed E-state index contributed by atoms with van der Waals surface area (Å²) in [6.45, 7) is 2.67. The molecule has 0 radical (unpaired) electrons. The molecule has 3 rings (SSSR count). The fourth-order valence-corrected chi connectivity index (χ4v) is 5.86. The van der Waals surface area contributed by atoms with Gasteiger partial charge < -0.3 is 10.2 Å². The van der Waals surface area contributed by atoms with Crippen LogP contribution in [0.1, 0.15) is 30.0 Å². The minimum Gasteiger partial charge on any atom is -0.354 e. The van der Waals surface area contributed by atoms with Gasteiger partial charge in [0.15, 0.2) is 0 Å². The van der Waals surface area contributed by atoms with E-state index in [9.17, 15) is 9.59 Å². The Morgan fingerprint density at radius 3 is 2.27 bits per heavy atom. The van der Waals surface area contributed by atoms with Crippen LogP contribution in [0.4, 0.5) is 0 Å². The van der Waals surface area contributed by atoms with E-state index >= 15 is 0 Å². The normalized spacial score (nSPS) is 11.7. The van der Waals surface area contributed by atoms with Crippen molar-refractivity contribution in [3.05, 3.63) is 104 Å². The molecule has 0 saturated heterocycles. The topological polar surface area (TPSA) is 49.4 Å². The van der Waals surface area contributed by atoms with Crippen molar-refractivity contribution >= 4 is 70.0 Å². The summed E-state index contributed by atoms with van der Waals surface area (Å²) >= 11 is 26.6. The van der Waals surface area contributed by atoms with Crippen LogP contribution >= 0.6 is 58.2 Å². The maximum absolute atomic E-state index is 13.7. The number of nitrogens with zero attached hydrogens (tertiary/aromatic N) is 1. The van der Waals surface area contributed by atoms with E-state index in [-0.39, 0.29) is 24.1 Å². The molecule has 0 spiro atoms. The monoisotopic (exact) mass is 596 g/mol. The van der Waals surface area contributed by atoms with Crippen molar-refractivity contribution in [2.75, 3.05) is 12.3 Å². The van der Waals surface area contributed by atoms with E-state index in [1.54, 1.807) is 41.3 Å². The predicted molar refractivity (Wildman–Crippen MR) is 157 cm³/mol. The molecular formula is C28H28Cl4N2O2S. The first kappa shape index (κ1) is 29.7. The van der Waals surface area contributed by atoms with Crippen molar-refractivity contribution in [1.29, 1.82) is 0 Å². The van der Waals surface area contributed by atoms with Gasteiger partial charge in [-0.3, -0.25) is 9.59 Å². The molecule has 0 bridgehead atoms. The van der Waals surface area contributed by atoms with Crippen molar-refractivity contribution < 1.29 is 9.59 Å². The average molecular weight is 598 g/mol. The molecule has 0 aliphatic heterocycles. The number of hydrogen-bond donors (Lipinski definition) is 1. The highest BCUT2D eigenvalue weighted by Gasteiger charge is 2.30. The third kappa shape index (κ3) is 8.83. The molecule has 0 saturated carbocycles. The second-order valence-corrected chi connectivity index (χ2v) is 11.1. The molecular weight excluding hydrogens is 570 g/mol.